The summed E-state index contributed by atoms with van der Waals surface area (Å²) in [6, 6.07) is 5.16. The molecule has 1 amide bonds. The molecule has 1 aromatic carbocycles. The third kappa shape index (κ3) is 4.03. The third-order valence-corrected chi connectivity index (χ3v) is 3.56. The lowest BCUT2D eigenvalue weighted by Crippen LogP contribution is -2.37. The molecule has 1 fully saturated rings. The molecule has 19 heavy (non-hydrogen) atoms. The number of hydrogen-bond acceptors (Lipinski definition) is 2. The zero-order valence-electron chi connectivity index (χ0n) is 11.3. The molecule has 104 valence electrons. The minimum absolute atomic E-state index is 0.127. The maximum Gasteiger partial charge on any atom is 0.254 e. The molecule has 0 saturated carbocycles. The van der Waals surface area contributed by atoms with Gasteiger partial charge in [0.1, 0.15) is 5.82 Å². The van der Waals surface area contributed by atoms with Crippen LogP contribution in [0.1, 0.15) is 41.6 Å². The van der Waals surface area contributed by atoms with E-state index in [0.717, 1.165) is 24.9 Å². The highest BCUT2D eigenvalue weighted by Gasteiger charge is 2.14. The molecule has 2 rings (SSSR count). The number of nitrogens with one attached hydrogen (secondary N) is 2. The van der Waals surface area contributed by atoms with Crippen molar-refractivity contribution in [1.29, 1.82) is 0 Å². The van der Waals surface area contributed by atoms with Crippen molar-refractivity contribution in [2.75, 3.05) is 13.1 Å². The number of carbonyl (C=O) groups is 1. The fourth-order valence-electron chi connectivity index (χ4n) is 2.43. The smallest absolute Gasteiger partial charge is 0.254 e. The lowest BCUT2D eigenvalue weighted by atomic mass is 10.0. The number of rotatable bonds is 4. The van der Waals surface area contributed by atoms with Gasteiger partial charge >= 0.3 is 0 Å². The predicted octanol–water partition coefficient (Wildman–Crippen LogP) is 2.40. The van der Waals surface area contributed by atoms with Crippen LogP contribution in [0.15, 0.2) is 18.2 Å². The molecule has 2 N–H and O–H groups in total. The Labute approximate surface area is 113 Å². The van der Waals surface area contributed by atoms with Crippen LogP contribution in [0.4, 0.5) is 4.39 Å². The second-order valence-electron chi connectivity index (χ2n) is 5.17. The zero-order chi connectivity index (χ0) is 13.7. The minimum Gasteiger partial charge on any atom is -0.352 e. The summed E-state index contributed by atoms with van der Waals surface area (Å²) in [5, 5.41) is 6.21. The van der Waals surface area contributed by atoms with Crippen LogP contribution in [0.5, 0.6) is 0 Å². The van der Waals surface area contributed by atoms with Crippen LogP contribution in [0.25, 0.3) is 0 Å². The molecule has 1 saturated heterocycles. The Balaban J connectivity index is 1.80. The molecule has 0 aromatic heterocycles. The number of amides is 1. The van der Waals surface area contributed by atoms with Crippen LogP contribution >= 0.6 is 0 Å². The van der Waals surface area contributed by atoms with E-state index >= 15 is 0 Å². The van der Waals surface area contributed by atoms with E-state index < -0.39 is 5.82 Å². The van der Waals surface area contributed by atoms with Crippen LogP contribution in [0, 0.1) is 12.7 Å². The Kier molecular flexibility index (Phi) is 4.91. The molecular formula is C15H21FN2O. The average molecular weight is 264 g/mol. The second-order valence-corrected chi connectivity index (χ2v) is 5.17. The van der Waals surface area contributed by atoms with Crippen molar-refractivity contribution in [3.63, 3.8) is 0 Å². The van der Waals surface area contributed by atoms with Gasteiger partial charge in [-0.2, -0.15) is 0 Å². The molecule has 1 heterocycles. The van der Waals surface area contributed by atoms with E-state index in [1.807, 2.05) is 0 Å². The van der Waals surface area contributed by atoms with Crippen molar-refractivity contribution in [2.45, 2.75) is 38.6 Å². The van der Waals surface area contributed by atoms with Gasteiger partial charge in [-0.1, -0.05) is 12.5 Å². The summed E-state index contributed by atoms with van der Waals surface area (Å²) in [7, 11) is 0. The van der Waals surface area contributed by atoms with E-state index in [2.05, 4.69) is 10.6 Å². The highest BCUT2D eigenvalue weighted by Crippen LogP contribution is 2.11. The Morgan fingerprint density at radius 3 is 3.00 bits per heavy atom. The van der Waals surface area contributed by atoms with Crippen molar-refractivity contribution in [3.8, 4) is 0 Å². The first kappa shape index (κ1) is 14.0. The lowest BCUT2D eigenvalue weighted by molar-refractivity contribution is 0.0947. The summed E-state index contributed by atoms with van der Waals surface area (Å²) in [6.45, 7) is 3.45. The van der Waals surface area contributed by atoms with Gasteiger partial charge in [-0.05, 0) is 50.4 Å². The highest BCUT2D eigenvalue weighted by molar-refractivity contribution is 5.94. The molecule has 1 unspecified atom stereocenters. The minimum atomic E-state index is -0.451. The maximum atomic E-state index is 13.6. The van der Waals surface area contributed by atoms with Crippen molar-refractivity contribution >= 4 is 5.91 Å². The summed E-state index contributed by atoms with van der Waals surface area (Å²) in [4.78, 5) is 11.8. The second kappa shape index (κ2) is 6.66. The predicted molar refractivity (Wildman–Crippen MR) is 73.7 cm³/mol. The first-order valence-electron chi connectivity index (χ1n) is 6.94. The maximum absolute atomic E-state index is 13.6. The van der Waals surface area contributed by atoms with E-state index in [4.69, 9.17) is 0 Å². The van der Waals surface area contributed by atoms with Crippen molar-refractivity contribution < 1.29 is 9.18 Å². The first-order chi connectivity index (χ1) is 9.16. The molecule has 0 aliphatic carbocycles. The third-order valence-electron chi connectivity index (χ3n) is 3.56. The van der Waals surface area contributed by atoms with Crippen molar-refractivity contribution in [3.05, 3.63) is 35.1 Å². The fraction of sp³-hybridized carbons (Fsp3) is 0.533. The summed E-state index contributed by atoms with van der Waals surface area (Å²) >= 11 is 0. The quantitative estimate of drug-likeness (QED) is 0.876. The molecule has 0 spiro atoms. The average Bonchev–Trinajstić information content (AvgIpc) is 2.39. The summed E-state index contributed by atoms with van der Waals surface area (Å²) in [5.41, 5.74) is 0.947. The van der Waals surface area contributed by atoms with Gasteiger partial charge in [-0.25, -0.2) is 4.39 Å². The molecule has 1 atom stereocenters. The van der Waals surface area contributed by atoms with E-state index in [0.29, 0.717) is 12.6 Å². The molecular weight excluding hydrogens is 243 g/mol. The highest BCUT2D eigenvalue weighted by atomic mass is 19.1. The Hall–Kier alpha value is -1.42. The van der Waals surface area contributed by atoms with Gasteiger partial charge in [0.05, 0.1) is 5.56 Å². The lowest BCUT2D eigenvalue weighted by Gasteiger charge is -2.23. The summed E-state index contributed by atoms with van der Waals surface area (Å²) < 4.78 is 13.6. The van der Waals surface area contributed by atoms with Crippen LogP contribution in [-0.4, -0.2) is 25.0 Å². The monoisotopic (exact) mass is 264 g/mol. The molecule has 0 radical (unpaired) electrons. The normalized spacial score (nSPS) is 19.2. The van der Waals surface area contributed by atoms with Gasteiger partial charge in [-0.3, -0.25) is 4.79 Å². The number of carbonyl (C=O) groups excluding carboxylic acids is 1. The Morgan fingerprint density at radius 2 is 2.32 bits per heavy atom. The molecule has 1 aliphatic heterocycles. The Morgan fingerprint density at radius 1 is 1.47 bits per heavy atom. The topological polar surface area (TPSA) is 41.1 Å². The van der Waals surface area contributed by atoms with Crippen LogP contribution in [0.2, 0.25) is 0 Å². The number of hydrogen-bond donors (Lipinski definition) is 2. The fourth-order valence-corrected chi connectivity index (χ4v) is 2.43. The van der Waals surface area contributed by atoms with E-state index in [1.165, 1.54) is 18.9 Å². The van der Waals surface area contributed by atoms with Gasteiger partial charge in [0.25, 0.3) is 5.91 Å². The molecule has 1 aliphatic rings. The molecule has 1 aromatic rings. The molecule has 3 nitrogen and oxygen atoms in total. The van der Waals surface area contributed by atoms with Gasteiger partial charge in [-0.15, -0.1) is 0 Å². The standard InChI is InChI=1S/C15H21FN2O/c1-11-5-6-13(14(16)10-11)15(19)18-9-7-12-4-2-3-8-17-12/h5-6,10,12,17H,2-4,7-9H2,1H3,(H,18,19). The largest absolute Gasteiger partial charge is 0.352 e. The van der Waals surface area contributed by atoms with Crippen LogP contribution in [-0.2, 0) is 0 Å². The van der Waals surface area contributed by atoms with Gasteiger partial charge < -0.3 is 10.6 Å². The van der Waals surface area contributed by atoms with Gasteiger partial charge in [0.2, 0.25) is 0 Å². The number of halogens is 1. The zero-order valence-corrected chi connectivity index (χ0v) is 11.3. The number of aryl methyl sites for hydroxylation is 1. The van der Waals surface area contributed by atoms with Crippen LogP contribution in [0.3, 0.4) is 0 Å². The summed E-state index contributed by atoms with van der Waals surface area (Å²) in [6.07, 6.45) is 4.55. The van der Waals surface area contributed by atoms with Crippen molar-refractivity contribution in [1.82, 2.24) is 10.6 Å². The van der Waals surface area contributed by atoms with Crippen molar-refractivity contribution in [2.24, 2.45) is 0 Å². The van der Waals surface area contributed by atoms with Crippen LogP contribution < -0.4 is 10.6 Å². The number of benzene rings is 1. The van der Waals surface area contributed by atoms with Gasteiger partial charge in [0, 0.05) is 12.6 Å². The summed E-state index contributed by atoms with van der Waals surface area (Å²) in [5.74, 6) is -0.776. The SMILES string of the molecule is Cc1ccc(C(=O)NCCC2CCCCN2)c(F)c1. The van der Waals surface area contributed by atoms with Gasteiger partial charge in [0.15, 0.2) is 0 Å². The molecule has 0 bridgehead atoms. The van der Waals surface area contributed by atoms with E-state index in [1.54, 1.807) is 19.1 Å². The number of piperidine rings is 1. The molecule has 4 heteroatoms. The van der Waals surface area contributed by atoms with E-state index in [9.17, 15) is 9.18 Å². The first-order valence-corrected chi connectivity index (χ1v) is 6.94. The van der Waals surface area contributed by atoms with E-state index in [-0.39, 0.29) is 11.5 Å². The Bertz CT molecular complexity index is 442.